The molecular weight excluding hydrogens is 305 g/mol. The average Bonchev–Trinajstić information content (AvgIpc) is 2.47. The summed E-state index contributed by atoms with van der Waals surface area (Å²) in [4.78, 5) is 0. The number of rotatable bonds is 5. The minimum atomic E-state index is -2.71. The Labute approximate surface area is 132 Å². The number of halogens is 1. The van der Waals surface area contributed by atoms with Crippen LogP contribution >= 0.6 is 19.8 Å². The molecule has 0 aliphatic heterocycles. The van der Waals surface area contributed by atoms with Crippen molar-refractivity contribution < 1.29 is 9.09 Å². The number of benzene rings is 2. The van der Waals surface area contributed by atoms with Crippen LogP contribution in [0.25, 0.3) is 0 Å². The first-order valence-corrected chi connectivity index (χ1v) is 8.75. The first kappa shape index (κ1) is 17.9. The van der Waals surface area contributed by atoms with Gasteiger partial charge in [-0.25, -0.2) is 0 Å². The fourth-order valence-electron chi connectivity index (χ4n) is 2.13. The molecule has 2 atom stereocenters. The van der Waals surface area contributed by atoms with Crippen LogP contribution in [0.15, 0.2) is 54.6 Å². The number of hydrogen-bond donors (Lipinski definition) is 1. The monoisotopic (exact) mass is 325 g/mol. The summed E-state index contributed by atoms with van der Waals surface area (Å²) >= 11 is 0. The molecule has 0 saturated heterocycles. The molecule has 114 valence electrons. The van der Waals surface area contributed by atoms with Gasteiger partial charge in [0.25, 0.3) is 0 Å². The van der Waals surface area contributed by atoms with Crippen molar-refractivity contribution in [1.29, 1.82) is 0 Å². The highest BCUT2D eigenvalue weighted by Gasteiger charge is 2.18. The minimum absolute atomic E-state index is 0. The van der Waals surface area contributed by atoms with Gasteiger partial charge in [0.2, 0.25) is 7.37 Å². The molecule has 3 nitrogen and oxygen atoms in total. The zero-order valence-electron chi connectivity index (χ0n) is 12.2. The molecule has 2 N–H and O–H groups in total. The summed E-state index contributed by atoms with van der Waals surface area (Å²) in [5.74, 6) is 0. The van der Waals surface area contributed by atoms with Gasteiger partial charge in [-0.2, -0.15) is 0 Å². The van der Waals surface area contributed by atoms with Crippen molar-refractivity contribution in [3.8, 4) is 0 Å². The van der Waals surface area contributed by atoms with E-state index in [9.17, 15) is 4.57 Å². The molecule has 0 bridgehead atoms. The van der Waals surface area contributed by atoms with Gasteiger partial charge in [-0.15, -0.1) is 12.4 Å². The smallest absolute Gasteiger partial charge is 0.229 e. The van der Waals surface area contributed by atoms with Crippen LogP contribution in [0.4, 0.5) is 0 Å². The van der Waals surface area contributed by atoms with Crippen molar-refractivity contribution in [3.63, 3.8) is 0 Å². The van der Waals surface area contributed by atoms with Crippen LogP contribution in [-0.2, 0) is 9.09 Å². The molecule has 0 aliphatic rings. The third-order valence-corrected chi connectivity index (χ3v) is 5.24. The predicted octanol–water partition coefficient (Wildman–Crippen LogP) is 3.73. The largest absolute Gasteiger partial charge is 0.326 e. The first-order chi connectivity index (χ1) is 9.54. The van der Waals surface area contributed by atoms with Crippen LogP contribution in [0, 0.1) is 0 Å². The molecule has 0 saturated carbocycles. The van der Waals surface area contributed by atoms with Gasteiger partial charge >= 0.3 is 0 Å². The summed E-state index contributed by atoms with van der Waals surface area (Å²) in [6.45, 7) is 3.93. The van der Waals surface area contributed by atoms with Crippen molar-refractivity contribution in [3.05, 3.63) is 65.7 Å². The quantitative estimate of drug-likeness (QED) is 0.852. The zero-order valence-corrected chi connectivity index (χ0v) is 13.9. The van der Waals surface area contributed by atoms with E-state index < -0.39 is 7.37 Å². The van der Waals surface area contributed by atoms with E-state index in [1.165, 1.54) is 0 Å². The molecule has 0 heterocycles. The van der Waals surface area contributed by atoms with E-state index in [1.54, 1.807) is 6.66 Å². The maximum Gasteiger partial charge on any atom is 0.229 e. The van der Waals surface area contributed by atoms with Gasteiger partial charge in [0, 0.05) is 12.0 Å². The zero-order chi connectivity index (χ0) is 14.6. The van der Waals surface area contributed by atoms with E-state index in [1.807, 2.05) is 61.5 Å². The summed E-state index contributed by atoms with van der Waals surface area (Å²) in [6.07, 6.45) is 0. The normalized spacial score (nSPS) is 14.8. The minimum Gasteiger partial charge on any atom is -0.326 e. The Balaban J connectivity index is 0.00000220. The maximum atomic E-state index is 12.3. The third-order valence-electron chi connectivity index (χ3n) is 3.26. The lowest BCUT2D eigenvalue weighted by Crippen LogP contribution is -2.13. The molecule has 1 unspecified atom stereocenters. The van der Waals surface area contributed by atoms with Gasteiger partial charge in [-0.05, 0) is 30.2 Å². The van der Waals surface area contributed by atoms with E-state index in [0.717, 1.165) is 16.4 Å². The lowest BCUT2D eigenvalue weighted by atomic mass is 10.00. The van der Waals surface area contributed by atoms with E-state index in [4.69, 9.17) is 10.3 Å². The number of nitrogens with two attached hydrogens (primary N) is 1. The molecular formula is C16H21ClNO2P. The predicted molar refractivity (Wildman–Crippen MR) is 91.0 cm³/mol. The van der Waals surface area contributed by atoms with Crippen molar-refractivity contribution in [2.75, 3.05) is 13.3 Å². The number of hydrogen-bond acceptors (Lipinski definition) is 3. The molecule has 21 heavy (non-hydrogen) atoms. The van der Waals surface area contributed by atoms with Crippen LogP contribution in [0.2, 0.25) is 0 Å². The summed E-state index contributed by atoms with van der Waals surface area (Å²) in [7, 11) is -2.71. The van der Waals surface area contributed by atoms with Crippen LogP contribution in [-0.4, -0.2) is 13.3 Å². The Hall–Kier alpha value is -1.12. The summed E-state index contributed by atoms with van der Waals surface area (Å²) in [5, 5.41) is 0.725. The van der Waals surface area contributed by atoms with E-state index in [2.05, 4.69) is 0 Å². The molecule has 0 fully saturated rings. The third kappa shape index (κ3) is 4.42. The Bertz CT molecular complexity index is 601. The fraction of sp³-hybridized carbons (Fsp3) is 0.250. The van der Waals surface area contributed by atoms with Gasteiger partial charge in [0.15, 0.2) is 0 Å². The maximum absolute atomic E-state index is 12.3. The Morgan fingerprint density at radius 3 is 2.10 bits per heavy atom. The fourth-order valence-corrected chi connectivity index (χ4v) is 3.46. The van der Waals surface area contributed by atoms with E-state index in [-0.39, 0.29) is 18.4 Å². The molecule has 2 aromatic carbocycles. The second-order valence-corrected chi connectivity index (χ2v) is 7.21. The SMILES string of the molecule is CCOP(C)(=O)c1ccc([C@@H](N)c2ccccc2)cc1.Cl. The van der Waals surface area contributed by atoms with Gasteiger partial charge in [0.05, 0.1) is 12.6 Å². The van der Waals surface area contributed by atoms with Crippen LogP contribution in [0.5, 0.6) is 0 Å². The van der Waals surface area contributed by atoms with Crippen molar-refractivity contribution in [2.24, 2.45) is 5.73 Å². The highest BCUT2D eigenvalue weighted by Crippen LogP contribution is 2.41. The van der Waals surface area contributed by atoms with Crippen LogP contribution in [0.3, 0.4) is 0 Å². The van der Waals surface area contributed by atoms with Crippen molar-refractivity contribution in [1.82, 2.24) is 0 Å². The lowest BCUT2D eigenvalue weighted by Gasteiger charge is -2.16. The Morgan fingerprint density at radius 2 is 1.57 bits per heavy atom. The first-order valence-electron chi connectivity index (χ1n) is 6.67. The average molecular weight is 326 g/mol. The van der Waals surface area contributed by atoms with Gasteiger partial charge in [-0.3, -0.25) is 4.57 Å². The van der Waals surface area contributed by atoms with Gasteiger partial charge in [-0.1, -0.05) is 42.5 Å². The highest BCUT2D eigenvalue weighted by atomic mass is 35.5. The highest BCUT2D eigenvalue weighted by molar-refractivity contribution is 7.66. The van der Waals surface area contributed by atoms with Crippen LogP contribution < -0.4 is 11.0 Å². The molecule has 2 rings (SSSR count). The standard InChI is InChI=1S/C16H20NO2P.ClH/c1-3-19-20(2,18)15-11-9-14(10-12-15)16(17)13-7-5-4-6-8-13;/h4-12,16H,3,17H2,1-2H3;1H/t16-,20?;/m0./s1. The topological polar surface area (TPSA) is 52.3 Å². The summed E-state index contributed by atoms with van der Waals surface area (Å²) in [5.41, 5.74) is 8.29. The van der Waals surface area contributed by atoms with Gasteiger partial charge in [0.1, 0.15) is 0 Å². The molecule has 0 amide bonds. The molecule has 0 aromatic heterocycles. The van der Waals surface area contributed by atoms with Gasteiger partial charge < -0.3 is 10.3 Å². The van der Waals surface area contributed by atoms with E-state index in [0.29, 0.717) is 6.61 Å². The molecule has 0 aliphatic carbocycles. The molecule has 2 aromatic rings. The summed E-state index contributed by atoms with van der Waals surface area (Å²) < 4.78 is 17.6. The van der Waals surface area contributed by atoms with Crippen molar-refractivity contribution >= 4 is 25.1 Å². The second kappa shape index (κ2) is 7.77. The molecule has 0 radical (unpaired) electrons. The molecule has 5 heteroatoms. The van der Waals surface area contributed by atoms with E-state index >= 15 is 0 Å². The Morgan fingerprint density at radius 1 is 1.05 bits per heavy atom. The van der Waals surface area contributed by atoms with Crippen LogP contribution in [0.1, 0.15) is 24.1 Å². The summed E-state index contributed by atoms with van der Waals surface area (Å²) in [6, 6.07) is 17.3. The Kier molecular flexibility index (Phi) is 6.63. The second-order valence-electron chi connectivity index (χ2n) is 4.74. The van der Waals surface area contributed by atoms with Crippen molar-refractivity contribution in [2.45, 2.75) is 13.0 Å². The molecule has 0 spiro atoms. The lowest BCUT2D eigenvalue weighted by molar-refractivity contribution is 0.345.